The molecule has 7 heteroatoms. The van der Waals surface area contributed by atoms with E-state index in [1.807, 2.05) is 0 Å². The van der Waals surface area contributed by atoms with Crippen molar-refractivity contribution in [1.82, 2.24) is 9.88 Å². The second-order valence-electron chi connectivity index (χ2n) is 5.59. The number of carboxylic acids is 1. The molecule has 0 aliphatic carbocycles. The molecule has 0 unspecified atom stereocenters. The summed E-state index contributed by atoms with van der Waals surface area (Å²) in [5, 5.41) is 9.07. The van der Waals surface area contributed by atoms with E-state index in [1.54, 1.807) is 41.4 Å². The van der Waals surface area contributed by atoms with Gasteiger partial charge in [-0.05, 0) is 29.8 Å². The number of rotatable bonds is 3. The van der Waals surface area contributed by atoms with E-state index in [0.29, 0.717) is 30.2 Å². The lowest BCUT2D eigenvalue weighted by Gasteiger charge is -2.17. The van der Waals surface area contributed by atoms with Gasteiger partial charge in [0, 0.05) is 24.9 Å². The normalized spacial score (nSPS) is 16.3. The summed E-state index contributed by atoms with van der Waals surface area (Å²) in [6, 6.07) is 8.66. The Morgan fingerprint density at radius 1 is 1.17 bits per heavy atom. The van der Waals surface area contributed by atoms with Gasteiger partial charge in [0.2, 0.25) is 0 Å². The Balaban J connectivity index is 1.54. The van der Waals surface area contributed by atoms with Gasteiger partial charge in [0.05, 0.1) is 17.1 Å². The Bertz CT molecular complexity index is 899. The van der Waals surface area contributed by atoms with Crippen LogP contribution in [0.3, 0.4) is 0 Å². The largest absolute Gasteiger partial charge is 0.477 e. The highest BCUT2D eigenvalue weighted by atomic mass is 32.1. The van der Waals surface area contributed by atoms with Crippen molar-refractivity contribution in [2.45, 2.75) is 0 Å². The number of carbonyl (C=O) groups excluding carboxylic acids is 1. The maximum Gasteiger partial charge on any atom is 0.345 e. The number of amides is 1. The zero-order valence-electron chi connectivity index (χ0n) is 12.6. The number of thiophene rings is 1. The minimum absolute atomic E-state index is 0.0956. The van der Waals surface area contributed by atoms with Crippen molar-refractivity contribution < 1.29 is 14.7 Å². The molecular formula is C17H13N3O3S. The van der Waals surface area contributed by atoms with Crippen LogP contribution in [0.4, 0.5) is 0 Å². The van der Waals surface area contributed by atoms with Crippen LogP contribution in [0.15, 0.2) is 52.7 Å². The van der Waals surface area contributed by atoms with Crippen molar-refractivity contribution in [2.24, 2.45) is 4.99 Å². The van der Waals surface area contributed by atoms with Crippen LogP contribution in [0.1, 0.15) is 25.0 Å². The van der Waals surface area contributed by atoms with Gasteiger partial charge in [0.1, 0.15) is 10.6 Å². The molecule has 0 bridgehead atoms. The third-order valence-corrected chi connectivity index (χ3v) is 5.17. The highest BCUT2D eigenvalue weighted by molar-refractivity contribution is 7.16. The molecule has 4 heterocycles. The van der Waals surface area contributed by atoms with Crippen LogP contribution in [0.5, 0.6) is 0 Å². The first-order valence-corrected chi connectivity index (χ1v) is 8.24. The van der Waals surface area contributed by atoms with Crippen molar-refractivity contribution in [3.63, 3.8) is 0 Å². The second kappa shape index (κ2) is 5.68. The smallest absolute Gasteiger partial charge is 0.345 e. The number of aromatic nitrogens is 1. The third-order valence-electron chi connectivity index (χ3n) is 4.09. The average molecular weight is 339 g/mol. The summed E-state index contributed by atoms with van der Waals surface area (Å²) in [5.74, 6) is -1.03. The number of pyridine rings is 1. The number of aromatic carboxylic acids is 1. The van der Waals surface area contributed by atoms with Crippen molar-refractivity contribution >= 4 is 28.9 Å². The van der Waals surface area contributed by atoms with Gasteiger partial charge in [-0.3, -0.25) is 14.8 Å². The topological polar surface area (TPSA) is 82.9 Å². The van der Waals surface area contributed by atoms with E-state index in [9.17, 15) is 9.59 Å². The molecule has 2 aliphatic rings. The number of hydrogen-bond donors (Lipinski definition) is 1. The standard InChI is InChI=1S/C17H13N3O3S/c21-16(12-3-1-2-6-18-12)20-8-10-7-19-15(11(10)9-20)13-4-5-14(24-13)17(22)23/h1-6H,7-9H2,(H,22,23). The van der Waals surface area contributed by atoms with Crippen LogP contribution >= 0.6 is 11.3 Å². The third kappa shape index (κ3) is 2.43. The molecule has 24 heavy (non-hydrogen) atoms. The zero-order chi connectivity index (χ0) is 16.7. The number of hydrogen-bond acceptors (Lipinski definition) is 5. The summed E-state index contributed by atoms with van der Waals surface area (Å²) < 4.78 is 0. The summed E-state index contributed by atoms with van der Waals surface area (Å²) in [7, 11) is 0. The van der Waals surface area contributed by atoms with Crippen molar-refractivity contribution in [1.29, 1.82) is 0 Å². The summed E-state index contributed by atoms with van der Waals surface area (Å²) in [6.07, 6.45) is 1.61. The molecule has 6 nitrogen and oxygen atoms in total. The molecule has 1 N–H and O–H groups in total. The molecule has 2 aliphatic heterocycles. The Hall–Kier alpha value is -2.80. The first-order chi connectivity index (χ1) is 11.6. The maximum atomic E-state index is 12.5. The van der Waals surface area contributed by atoms with E-state index in [0.717, 1.165) is 21.7 Å². The summed E-state index contributed by atoms with van der Waals surface area (Å²) in [5.41, 5.74) is 3.41. The van der Waals surface area contributed by atoms with Gasteiger partial charge in [0.25, 0.3) is 5.91 Å². The summed E-state index contributed by atoms with van der Waals surface area (Å²) >= 11 is 1.21. The van der Waals surface area contributed by atoms with Gasteiger partial charge in [0.15, 0.2) is 0 Å². The lowest BCUT2D eigenvalue weighted by molar-refractivity contribution is 0.0701. The zero-order valence-corrected chi connectivity index (χ0v) is 13.4. The lowest BCUT2D eigenvalue weighted by atomic mass is 10.1. The van der Waals surface area contributed by atoms with E-state index in [2.05, 4.69) is 9.98 Å². The molecule has 0 saturated carbocycles. The van der Waals surface area contributed by atoms with Gasteiger partial charge < -0.3 is 10.0 Å². The SMILES string of the molecule is O=C(O)c1ccc(C2=NCC3=C2CN(C(=O)c2ccccn2)C3)s1. The van der Waals surface area contributed by atoms with E-state index >= 15 is 0 Å². The molecule has 4 rings (SSSR count). The van der Waals surface area contributed by atoms with Gasteiger partial charge >= 0.3 is 5.97 Å². The Kier molecular flexibility index (Phi) is 3.50. The molecule has 0 radical (unpaired) electrons. The minimum Gasteiger partial charge on any atom is -0.477 e. The molecule has 0 spiro atoms. The first-order valence-electron chi connectivity index (χ1n) is 7.43. The van der Waals surface area contributed by atoms with Crippen LogP contribution < -0.4 is 0 Å². The van der Waals surface area contributed by atoms with Crippen LogP contribution in [0.2, 0.25) is 0 Å². The number of aliphatic imine (C=N–C) groups is 1. The molecule has 0 aromatic carbocycles. The lowest BCUT2D eigenvalue weighted by Crippen LogP contribution is -2.31. The van der Waals surface area contributed by atoms with Gasteiger partial charge in [-0.1, -0.05) is 6.07 Å². The molecule has 1 amide bonds. The molecule has 0 saturated heterocycles. The van der Waals surface area contributed by atoms with Crippen LogP contribution in [0, 0.1) is 0 Å². The number of nitrogens with zero attached hydrogens (tertiary/aromatic N) is 3. The monoisotopic (exact) mass is 339 g/mol. The van der Waals surface area contributed by atoms with Crippen LogP contribution in [0.25, 0.3) is 0 Å². The molecule has 2 aromatic heterocycles. The van der Waals surface area contributed by atoms with Crippen LogP contribution in [-0.2, 0) is 0 Å². The van der Waals surface area contributed by atoms with E-state index in [1.165, 1.54) is 11.3 Å². The Morgan fingerprint density at radius 3 is 2.75 bits per heavy atom. The minimum atomic E-state index is -0.933. The molecular weight excluding hydrogens is 326 g/mol. The Labute approximate surface area is 141 Å². The molecule has 0 atom stereocenters. The highest BCUT2D eigenvalue weighted by Crippen LogP contribution is 2.31. The van der Waals surface area contributed by atoms with E-state index < -0.39 is 5.97 Å². The summed E-state index contributed by atoms with van der Waals surface area (Å²) in [6.45, 7) is 1.61. The van der Waals surface area contributed by atoms with Gasteiger partial charge in [-0.2, -0.15) is 0 Å². The first kappa shape index (κ1) is 14.8. The summed E-state index contributed by atoms with van der Waals surface area (Å²) in [4.78, 5) is 35.1. The van der Waals surface area contributed by atoms with Crippen molar-refractivity contribution in [2.75, 3.05) is 19.6 Å². The van der Waals surface area contributed by atoms with Crippen molar-refractivity contribution in [3.05, 3.63) is 63.1 Å². The molecule has 2 aromatic rings. The highest BCUT2D eigenvalue weighted by Gasteiger charge is 2.33. The fraction of sp³-hybridized carbons (Fsp3) is 0.176. The maximum absolute atomic E-state index is 12.5. The quantitative estimate of drug-likeness (QED) is 0.928. The van der Waals surface area contributed by atoms with Crippen LogP contribution in [-0.4, -0.2) is 52.2 Å². The average Bonchev–Trinajstić information content (AvgIpc) is 3.29. The molecule has 120 valence electrons. The number of carboxylic acid groups (broad SMARTS) is 1. The van der Waals surface area contributed by atoms with E-state index in [-0.39, 0.29) is 5.91 Å². The molecule has 0 fully saturated rings. The fourth-order valence-corrected chi connectivity index (χ4v) is 3.82. The van der Waals surface area contributed by atoms with E-state index in [4.69, 9.17) is 5.11 Å². The Morgan fingerprint density at radius 2 is 2.04 bits per heavy atom. The van der Waals surface area contributed by atoms with Gasteiger partial charge in [-0.25, -0.2) is 4.79 Å². The number of carbonyl (C=O) groups is 2. The van der Waals surface area contributed by atoms with Gasteiger partial charge in [-0.15, -0.1) is 11.3 Å². The predicted octanol–water partition coefficient (Wildman–Crippen LogP) is 2.10. The predicted molar refractivity (Wildman–Crippen MR) is 89.8 cm³/mol. The second-order valence-corrected chi connectivity index (χ2v) is 6.68. The van der Waals surface area contributed by atoms with Crippen molar-refractivity contribution in [3.8, 4) is 0 Å². The fourth-order valence-electron chi connectivity index (χ4n) is 2.94.